The second kappa shape index (κ2) is 8.47. The van der Waals surface area contributed by atoms with Crippen molar-refractivity contribution < 1.29 is 19.1 Å². The molecule has 0 unspecified atom stereocenters. The van der Waals surface area contributed by atoms with E-state index in [1.807, 2.05) is 0 Å². The second-order valence-corrected chi connectivity index (χ2v) is 5.46. The van der Waals surface area contributed by atoms with Crippen LogP contribution in [0.5, 0.6) is 11.5 Å². The molecule has 0 aliphatic carbocycles. The summed E-state index contributed by atoms with van der Waals surface area (Å²) in [6.45, 7) is 1.25. The molecule has 0 aliphatic rings. The first-order valence-electron chi connectivity index (χ1n) is 7.64. The fourth-order valence-corrected chi connectivity index (χ4v) is 1.83. The topological polar surface area (TPSA) is 113 Å². The molecule has 9 heteroatoms. The Kier molecular flexibility index (Phi) is 6.10. The van der Waals surface area contributed by atoms with Gasteiger partial charge in [0.15, 0.2) is 0 Å². The van der Waals surface area contributed by atoms with Gasteiger partial charge in [-0.2, -0.15) is 0 Å². The second-order valence-electron chi connectivity index (χ2n) is 5.46. The number of imide groups is 1. The van der Waals surface area contributed by atoms with Crippen molar-refractivity contribution in [1.29, 1.82) is 0 Å². The van der Waals surface area contributed by atoms with Gasteiger partial charge in [-0.05, 0) is 30.3 Å². The van der Waals surface area contributed by atoms with E-state index in [1.54, 1.807) is 50.5 Å². The lowest BCUT2D eigenvalue weighted by atomic mass is 10.3. The highest BCUT2D eigenvalue weighted by molar-refractivity contribution is 6.00. The third-order valence-electron chi connectivity index (χ3n) is 3.01. The average molecular weight is 357 g/mol. The molecule has 1 heterocycles. The highest BCUT2D eigenvalue weighted by atomic mass is 16.5. The summed E-state index contributed by atoms with van der Waals surface area (Å²) in [6, 6.07) is 8.90. The zero-order valence-corrected chi connectivity index (χ0v) is 14.6. The zero-order valence-electron chi connectivity index (χ0n) is 14.6. The van der Waals surface area contributed by atoms with E-state index >= 15 is 0 Å². The molecule has 1 aromatic heterocycles. The van der Waals surface area contributed by atoms with Crippen molar-refractivity contribution in [2.75, 3.05) is 24.7 Å². The predicted molar refractivity (Wildman–Crippen MR) is 96.3 cm³/mol. The normalized spacial score (nSPS) is 9.81. The summed E-state index contributed by atoms with van der Waals surface area (Å²) in [7, 11) is 3.25. The fraction of sp³-hybridized carbons (Fsp3) is 0.176. The van der Waals surface area contributed by atoms with E-state index in [4.69, 9.17) is 4.74 Å². The molecule has 2 aromatic rings. The van der Waals surface area contributed by atoms with Crippen LogP contribution in [-0.4, -0.2) is 41.9 Å². The molecule has 0 radical (unpaired) electrons. The van der Waals surface area contributed by atoms with Crippen molar-refractivity contribution in [3.05, 3.63) is 42.6 Å². The average Bonchev–Trinajstić information content (AvgIpc) is 2.56. The molecule has 0 bridgehead atoms. The van der Waals surface area contributed by atoms with E-state index in [0.29, 0.717) is 23.0 Å². The molecule has 1 aromatic carbocycles. The number of nitrogens with one attached hydrogen (secondary N) is 3. The molecule has 0 saturated heterocycles. The Labute approximate surface area is 150 Å². The third kappa shape index (κ3) is 5.78. The number of carbonyl (C=O) groups is 3. The molecule has 2 rings (SSSR count). The summed E-state index contributed by atoms with van der Waals surface area (Å²) >= 11 is 0. The number of hydrogen-bond acceptors (Lipinski definition) is 5. The summed E-state index contributed by atoms with van der Waals surface area (Å²) in [5.74, 6) is 0.931. The van der Waals surface area contributed by atoms with E-state index in [9.17, 15) is 14.4 Å². The molecule has 0 spiro atoms. The van der Waals surface area contributed by atoms with Gasteiger partial charge in [-0.3, -0.25) is 15.4 Å². The van der Waals surface area contributed by atoms with Gasteiger partial charge in [0.05, 0.1) is 0 Å². The van der Waals surface area contributed by atoms with Gasteiger partial charge >= 0.3 is 12.1 Å². The Morgan fingerprint density at radius 2 is 1.69 bits per heavy atom. The first-order valence-corrected chi connectivity index (χ1v) is 7.64. The Morgan fingerprint density at radius 3 is 2.31 bits per heavy atom. The van der Waals surface area contributed by atoms with Crippen LogP contribution >= 0.6 is 0 Å². The van der Waals surface area contributed by atoms with Crippen molar-refractivity contribution in [2.24, 2.45) is 0 Å². The molecule has 5 amide bonds. The van der Waals surface area contributed by atoms with Crippen molar-refractivity contribution in [1.82, 2.24) is 15.2 Å². The molecule has 9 nitrogen and oxygen atoms in total. The van der Waals surface area contributed by atoms with Crippen molar-refractivity contribution in [2.45, 2.75) is 6.92 Å². The van der Waals surface area contributed by atoms with E-state index in [0.717, 1.165) is 0 Å². The number of benzene rings is 1. The minimum Gasteiger partial charge on any atom is -0.457 e. The number of pyridine rings is 1. The first kappa shape index (κ1) is 18.7. The number of hydrogen-bond donors (Lipinski definition) is 3. The number of urea groups is 2. The summed E-state index contributed by atoms with van der Waals surface area (Å²) in [5, 5.41) is 7.25. The monoisotopic (exact) mass is 357 g/mol. The summed E-state index contributed by atoms with van der Waals surface area (Å²) in [5.41, 5.74) is 0.504. The van der Waals surface area contributed by atoms with Crippen LogP contribution < -0.4 is 20.7 Å². The van der Waals surface area contributed by atoms with Crippen LogP contribution in [0.1, 0.15) is 6.92 Å². The number of aromatic nitrogens is 1. The molecule has 0 saturated carbocycles. The Bertz CT molecular complexity index is 805. The maximum absolute atomic E-state index is 11.6. The van der Waals surface area contributed by atoms with E-state index in [-0.39, 0.29) is 6.03 Å². The molecule has 0 atom stereocenters. The molecule has 0 aliphatic heterocycles. The van der Waals surface area contributed by atoms with Crippen LogP contribution in [0.15, 0.2) is 42.6 Å². The number of rotatable bonds is 4. The predicted octanol–water partition coefficient (Wildman–Crippen LogP) is 2.64. The van der Waals surface area contributed by atoms with Gasteiger partial charge in [-0.25, -0.2) is 14.6 Å². The number of carbonyl (C=O) groups excluding carboxylic acids is 3. The lowest BCUT2D eigenvalue weighted by molar-refractivity contribution is -0.117. The van der Waals surface area contributed by atoms with Crippen LogP contribution in [0, 0.1) is 0 Å². The quantitative estimate of drug-likeness (QED) is 0.778. The molecular formula is C17H19N5O4. The Balaban J connectivity index is 1.99. The van der Waals surface area contributed by atoms with Crippen molar-refractivity contribution in [3.63, 3.8) is 0 Å². The van der Waals surface area contributed by atoms with Crippen molar-refractivity contribution in [3.8, 4) is 11.5 Å². The van der Waals surface area contributed by atoms with E-state index < -0.39 is 11.9 Å². The summed E-state index contributed by atoms with van der Waals surface area (Å²) in [6.07, 6.45) is 1.52. The lowest BCUT2D eigenvalue weighted by Crippen LogP contribution is -2.32. The lowest BCUT2D eigenvalue weighted by Gasteiger charge is -2.12. The van der Waals surface area contributed by atoms with Gasteiger partial charge in [-0.15, -0.1) is 0 Å². The SMILES string of the molecule is CC(=O)NC(=O)Nc1ccc(Oc2ccnc(NC(=O)N(C)C)c2)cc1. The number of nitrogens with zero attached hydrogens (tertiary/aromatic N) is 2. The minimum absolute atomic E-state index is 0.297. The maximum Gasteiger partial charge on any atom is 0.325 e. The smallest absolute Gasteiger partial charge is 0.325 e. The van der Waals surface area contributed by atoms with Gasteiger partial charge in [0, 0.05) is 39.0 Å². The number of anilines is 2. The van der Waals surface area contributed by atoms with Crippen LogP contribution in [0.2, 0.25) is 0 Å². The molecule has 0 fully saturated rings. The Morgan fingerprint density at radius 1 is 1.00 bits per heavy atom. The van der Waals surface area contributed by atoms with Crippen LogP contribution in [-0.2, 0) is 4.79 Å². The molecule has 136 valence electrons. The van der Waals surface area contributed by atoms with Gasteiger partial charge in [0.25, 0.3) is 0 Å². The van der Waals surface area contributed by atoms with Crippen LogP contribution in [0.3, 0.4) is 0 Å². The van der Waals surface area contributed by atoms with E-state index in [1.165, 1.54) is 18.0 Å². The molecular weight excluding hydrogens is 338 g/mol. The maximum atomic E-state index is 11.6. The largest absolute Gasteiger partial charge is 0.457 e. The number of ether oxygens (including phenoxy) is 1. The minimum atomic E-state index is -0.610. The third-order valence-corrected chi connectivity index (χ3v) is 3.01. The highest BCUT2D eigenvalue weighted by Crippen LogP contribution is 2.24. The molecule has 3 N–H and O–H groups in total. The summed E-state index contributed by atoms with van der Waals surface area (Å²) < 4.78 is 5.70. The molecule has 26 heavy (non-hydrogen) atoms. The summed E-state index contributed by atoms with van der Waals surface area (Å²) in [4.78, 5) is 39.4. The Hall–Kier alpha value is -3.62. The standard InChI is InChI=1S/C17H19N5O4/c1-11(23)19-16(24)20-12-4-6-13(7-5-12)26-14-8-9-18-15(10-14)21-17(25)22(2)3/h4-10H,1-3H3,(H,18,21,25)(H2,19,20,23,24). The van der Waals surface area contributed by atoms with Gasteiger partial charge in [-0.1, -0.05) is 0 Å². The van der Waals surface area contributed by atoms with Gasteiger partial charge in [0.1, 0.15) is 17.3 Å². The van der Waals surface area contributed by atoms with Crippen LogP contribution in [0.4, 0.5) is 21.1 Å². The van der Waals surface area contributed by atoms with Gasteiger partial charge in [0.2, 0.25) is 5.91 Å². The van der Waals surface area contributed by atoms with Crippen molar-refractivity contribution >= 4 is 29.5 Å². The van der Waals surface area contributed by atoms with E-state index in [2.05, 4.69) is 20.9 Å². The first-order chi connectivity index (χ1) is 12.3. The fourth-order valence-electron chi connectivity index (χ4n) is 1.83. The zero-order chi connectivity index (χ0) is 19.1. The highest BCUT2D eigenvalue weighted by Gasteiger charge is 2.07. The van der Waals surface area contributed by atoms with Crippen LogP contribution in [0.25, 0.3) is 0 Å². The number of amides is 5. The van der Waals surface area contributed by atoms with Gasteiger partial charge < -0.3 is 15.0 Å².